The van der Waals surface area contributed by atoms with Gasteiger partial charge in [-0.15, -0.1) is 0 Å². The van der Waals surface area contributed by atoms with E-state index in [-0.39, 0.29) is 12.5 Å². The number of carbonyl (C=O) groups excluding carboxylic acids is 1. The summed E-state index contributed by atoms with van der Waals surface area (Å²) in [5.41, 5.74) is 0.329. The Kier molecular flexibility index (Phi) is 7.01. The smallest absolute Gasteiger partial charge is 0.260 e. The number of nitrogens with one attached hydrogen (secondary N) is 1. The van der Waals surface area contributed by atoms with Crippen LogP contribution in [0.5, 0.6) is 5.75 Å². The van der Waals surface area contributed by atoms with Gasteiger partial charge in [-0.1, -0.05) is 19.8 Å². The lowest BCUT2D eigenvalue weighted by Crippen LogP contribution is -2.37. The highest BCUT2D eigenvalue weighted by Gasteiger charge is 2.16. The molecule has 0 heterocycles. The van der Waals surface area contributed by atoms with Crippen molar-refractivity contribution >= 4 is 5.91 Å². The molecule has 1 aromatic rings. The first-order valence-corrected chi connectivity index (χ1v) is 6.92. The van der Waals surface area contributed by atoms with Crippen LogP contribution in [0.4, 0.5) is 4.39 Å². The molecule has 1 atom stereocenters. The van der Waals surface area contributed by atoms with Crippen LogP contribution in [0.3, 0.4) is 0 Å². The molecule has 0 saturated carbocycles. The van der Waals surface area contributed by atoms with Gasteiger partial charge in [-0.3, -0.25) is 4.79 Å². The molecule has 2 N–H and O–H groups in total. The van der Waals surface area contributed by atoms with E-state index < -0.39 is 11.9 Å². The average Bonchev–Trinajstić information content (AvgIpc) is 2.45. The van der Waals surface area contributed by atoms with Gasteiger partial charge < -0.3 is 15.2 Å². The molecule has 1 rings (SSSR count). The van der Waals surface area contributed by atoms with Crippen molar-refractivity contribution in [3.63, 3.8) is 0 Å². The molecule has 0 aliphatic heterocycles. The number of carbonyl (C=O) groups is 1. The van der Waals surface area contributed by atoms with Crippen LogP contribution >= 0.6 is 0 Å². The molecule has 5 heteroatoms. The van der Waals surface area contributed by atoms with E-state index in [1.807, 2.05) is 0 Å². The first kappa shape index (κ1) is 16.4. The van der Waals surface area contributed by atoms with Crippen LogP contribution in [-0.4, -0.2) is 23.7 Å². The van der Waals surface area contributed by atoms with Crippen LogP contribution in [0.25, 0.3) is 0 Å². The third-order valence-electron chi connectivity index (χ3n) is 2.95. The maximum absolute atomic E-state index is 13.0. The molecule has 0 aliphatic carbocycles. The number of aliphatic hydroxyl groups is 1. The van der Waals surface area contributed by atoms with E-state index in [2.05, 4.69) is 12.2 Å². The zero-order valence-corrected chi connectivity index (χ0v) is 12.0. The Labute approximate surface area is 119 Å². The van der Waals surface area contributed by atoms with Gasteiger partial charge in [0, 0.05) is 12.1 Å². The number of aliphatic hydroxyl groups excluding tert-OH is 1. The summed E-state index contributed by atoms with van der Waals surface area (Å²) in [4.78, 5) is 11.8. The van der Waals surface area contributed by atoms with Gasteiger partial charge in [-0.05, 0) is 31.5 Å². The maximum Gasteiger partial charge on any atom is 0.260 e. The average molecular weight is 283 g/mol. The van der Waals surface area contributed by atoms with E-state index in [1.54, 1.807) is 6.92 Å². The van der Waals surface area contributed by atoms with E-state index in [4.69, 9.17) is 9.84 Å². The second-order valence-corrected chi connectivity index (χ2v) is 4.67. The van der Waals surface area contributed by atoms with Gasteiger partial charge in [0.25, 0.3) is 5.91 Å². The lowest BCUT2D eigenvalue weighted by atomic mass is 10.2. The molecular formula is C15H22FNO3. The van der Waals surface area contributed by atoms with E-state index in [0.29, 0.717) is 17.9 Å². The van der Waals surface area contributed by atoms with Crippen molar-refractivity contribution in [1.82, 2.24) is 5.32 Å². The normalized spacial score (nSPS) is 12.0. The van der Waals surface area contributed by atoms with Gasteiger partial charge in [0.1, 0.15) is 11.6 Å². The Bertz CT molecular complexity index is 437. The van der Waals surface area contributed by atoms with Crippen LogP contribution in [0.15, 0.2) is 18.2 Å². The number of ether oxygens (including phenoxy) is 1. The number of halogens is 1. The lowest BCUT2D eigenvalue weighted by molar-refractivity contribution is -0.127. The summed E-state index contributed by atoms with van der Waals surface area (Å²) in [6.45, 7) is 4.01. The maximum atomic E-state index is 13.0. The molecule has 1 aromatic carbocycles. The highest BCUT2D eigenvalue weighted by molar-refractivity contribution is 5.80. The third-order valence-corrected chi connectivity index (χ3v) is 2.95. The third kappa shape index (κ3) is 5.17. The molecule has 1 unspecified atom stereocenters. The molecule has 4 nitrogen and oxygen atoms in total. The summed E-state index contributed by atoms with van der Waals surface area (Å²) in [5.74, 6) is -0.336. The van der Waals surface area contributed by atoms with Crippen molar-refractivity contribution in [2.45, 2.75) is 45.8 Å². The minimum absolute atomic E-state index is 0.214. The summed E-state index contributed by atoms with van der Waals surface area (Å²) in [6, 6.07) is 3.85. The standard InChI is InChI=1S/C15H22FNO3/c1-3-4-5-8-17-15(19)11(2)20-14-7-6-13(16)9-12(14)10-18/h6-7,9,11,18H,3-5,8,10H2,1-2H3,(H,17,19). The van der Waals surface area contributed by atoms with Crippen LogP contribution in [0, 0.1) is 5.82 Å². The molecule has 0 aromatic heterocycles. The molecule has 1 amide bonds. The molecule has 0 saturated heterocycles. The molecule has 0 bridgehead atoms. The van der Waals surface area contributed by atoms with Crippen molar-refractivity contribution in [2.75, 3.05) is 6.54 Å². The molecule has 20 heavy (non-hydrogen) atoms. The van der Waals surface area contributed by atoms with Gasteiger partial charge in [-0.25, -0.2) is 4.39 Å². The largest absolute Gasteiger partial charge is 0.481 e. The van der Waals surface area contributed by atoms with E-state index >= 15 is 0 Å². The second-order valence-electron chi connectivity index (χ2n) is 4.67. The fourth-order valence-electron chi connectivity index (χ4n) is 1.76. The lowest BCUT2D eigenvalue weighted by Gasteiger charge is -2.16. The van der Waals surface area contributed by atoms with Crippen molar-refractivity contribution < 1.29 is 19.0 Å². The molecule has 0 aliphatic rings. The SMILES string of the molecule is CCCCCNC(=O)C(C)Oc1ccc(F)cc1CO. The highest BCUT2D eigenvalue weighted by Crippen LogP contribution is 2.21. The van der Waals surface area contributed by atoms with Gasteiger partial charge in [0.05, 0.1) is 6.61 Å². The van der Waals surface area contributed by atoms with Crippen molar-refractivity contribution in [1.29, 1.82) is 0 Å². The van der Waals surface area contributed by atoms with Crippen LogP contribution < -0.4 is 10.1 Å². The Morgan fingerprint density at radius 1 is 1.45 bits per heavy atom. The monoisotopic (exact) mass is 283 g/mol. The van der Waals surface area contributed by atoms with Crippen molar-refractivity contribution in [2.24, 2.45) is 0 Å². The van der Waals surface area contributed by atoms with Gasteiger partial charge in [0.2, 0.25) is 0 Å². The first-order valence-electron chi connectivity index (χ1n) is 6.92. The molecule has 112 valence electrons. The predicted molar refractivity (Wildman–Crippen MR) is 74.9 cm³/mol. The first-order chi connectivity index (χ1) is 9.58. The Morgan fingerprint density at radius 3 is 2.85 bits per heavy atom. The summed E-state index contributed by atoms with van der Waals surface area (Å²) in [7, 11) is 0. The Hall–Kier alpha value is -1.62. The minimum atomic E-state index is -0.688. The summed E-state index contributed by atoms with van der Waals surface area (Å²) >= 11 is 0. The predicted octanol–water partition coefficient (Wildman–Crippen LogP) is 2.39. The number of hydrogen-bond donors (Lipinski definition) is 2. The van der Waals surface area contributed by atoms with Gasteiger partial charge in [0.15, 0.2) is 6.10 Å². The number of benzene rings is 1. The summed E-state index contributed by atoms with van der Waals surface area (Å²) < 4.78 is 18.5. The summed E-state index contributed by atoms with van der Waals surface area (Å²) in [6.07, 6.45) is 2.42. The van der Waals surface area contributed by atoms with E-state index in [0.717, 1.165) is 19.3 Å². The number of amides is 1. The van der Waals surface area contributed by atoms with Crippen LogP contribution in [-0.2, 0) is 11.4 Å². The molecular weight excluding hydrogens is 261 g/mol. The molecule has 0 spiro atoms. The number of hydrogen-bond acceptors (Lipinski definition) is 3. The van der Waals surface area contributed by atoms with Crippen LogP contribution in [0.2, 0.25) is 0 Å². The fraction of sp³-hybridized carbons (Fsp3) is 0.533. The summed E-state index contributed by atoms with van der Waals surface area (Å²) in [5, 5.41) is 11.9. The minimum Gasteiger partial charge on any atom is -0.481 e. The zero-order chi connectivity index (χ0) is 15.0. The highest BCUT2D eigenvalue weighted by atomic mass is 19.1. The quantitative estimate of drug-likeness (QED) is 0.720. The number of unbranched alkanes of at least 4 members (excludes halogenated alkanes) is 2. The Morgan fingerprint density at radius 2 is 2.20 bits per heavy atom. The molecule has 0 fully saturated rings. The second kappa shape index (κ2) is 8.53. The van der Waals surface area contributed by atoms with E-state index in [1.165, 1.54) is 18.2 Å². The zero-order valence-electron chi connectivity index (χ0n) is 12.0. The van der Waals surface area contributed by atoms with Crippen LogP contribution in [0.1, 0.15) is 38.7 Å². The molecule has 0 radical (unpaired) electrons. The fourth-order valence-corrected chi connectivity index (χ4v) is 1.76. The van der Waals surface area contributed by atoms with Crippen molar-refractivity contribution in [3.8, 4) is 5.75 Å². The number of rotatable bonds is 8. The topological polar surface area (TPSA) is 58.6 Å². The van der Waals surface area contributed by atoms with Gasteiger partial charge >= 0.3 is 0 Å². The Balaban J connectivity index is 2.52. The van der Waals surface area contributed by atoms with E-state index in [9.17, 15) is 9.18 Å². The van der Waals surface area contributed by atoms with Gasteiger partial charge in [-0.2, -0.15) is 0 Å². The van der Waals surface area contributed by atoms with Crippen molar-refractivity contribution in [3.05, 3.63) is 29.6 Å².